The van der Waals surface area contributed by atoms with Gasteiger partial charge in [-0.3, -0.25) is 19.4 Å². The molecule has 4 rings (SSSR count). The first kappa shape index (κ1) is 26.8. The second-order valence-corrected chi connectivity index (χ2v) is 9.90. The molecule has 2 saturated heterocycles. The second-order valence-electron chi connectivity index (χ2n) is 8.80. The molecule has 2 fully saturated rings. The number of fused-ring (bicyclic) bond motifs is 1. The average molecular weight is 497 g/mol. The number of carbonyl (C=O) groups is 3. The summed E-state index contributed by atoms with van der Waals surface area (Å²) in [6.45, 7) is 6.47. The number of likely N-dealkylation sites (N-methyl/N-ethyl adjacent to an activating group) is 1. The Balaban J connectivity index is 0.000000363. The summed E-state index contributed by atoms with van der Waals surface area (Å²) in [6, 6.07) is 20.1. The monoisotopic (exact) mass is 496 g/mol. The zero-order valence-electron chi connectivity index (χ0n) is 21.1. The van der Waals surface area contributed by atoms with E-state index in [9.17, 15) is 14.4 Å². The van der Waals surface area contributed by atoms with Crippen LogP contribution in [-0.4, -0.2) is 82.2 Å². The van der Waals surface area contributed by atoms with E-state index < -0.39 is 12.2 Å². The fourth-order valence-electron chi connectivity index (χ4n) is 4.48. The van der Waals surface area contributed by atoms with Gasteiger partial charge in [0.25, 0.3) is 0 Å². The summed E-state index contributed by atoms with van der Waals surface area (Å²) in [5, 5.41) is 3.24. The number of hydrogen-bond donors (Lipinski definition) is 0. The van der Waals surface area contributed by atoms with Gasteiger partial charge in [0.1, 0.15) is 12.2 Å². The van der Waals surface area contributed by atoms with Crippen LogP contribution in [-0.2, 0) is 26.6 Å². The summed E-state index contributed by atoms with van der Waals surface area (Å²) in [5.41, 5.74) is 2.67. The lowest BCUT2D eigenvalue weighted by Crippen LogP contribution is -2.74. The van der Waals surface area contributed by atoms with Crippen LogP contribution < -0.4 is 0 Å². The number of amides is 3. The number of hydrazine groups is 1. The first-order valence-corrected chi connectivity index (χ1v) is 13.2. The van der Waals surface area contributed by atoms with Crippen LogP contribution in [0.1, 0.15) is 31.9 Å². The minimum atomic E-state index is -0.550. The van der Waals surface area contributed by atoms with Crippen LogP contribution in [0.25, 0.3) is 0 Å². The molecule has 0 bridgehead atoms. The second kappa shape index (κ2) is 12.7. The van der Waals surface area contributed by atoms with Gasteiger partial charge in [-0.1, -0.05) is 67.6 Å². The summed E-state index contributed by atoms with van der Waals surface area (Å²) in [6.07, 6.45) is 0.710. The molecule has 2 atom stereocenters. The molecule has 0 aliphatic carbocycles. The lowest BCUT2D eigenvalue weighted by molar-refractivity contribution is -0.200. The third-order valence-corrected chi connectivity index (χ3v) is 7.29. The van der Waals surface area contributed by atoms with Crippen LogP contribution in [0.15, 0.2) is 60.7 Å². The predicted molar refractivity (Wildman–Crippen MR) is 140 cm³/mol. The third kappa shape index (κ3) is 6.86. The van der Waals surface area contributed by atoms with Gasteiger partial charge in [-0.05, 0) is 24.5 Å². The standard InChI is InChI=1S/C19H26N4O3S.C8H10/c1-14-19(26)21(9-10-27-13-16-7-5-4-6-8-16)11-17-22(14)18(25)12-20(3)23(17)15(2)24;1-2-8-6-4-3-5-7-8/h4-8,14,17H,9-13H2,1-3H3;3-7H,2H2,1H3/t14-,17?;/m0./s1. The van der Waals surface area contributed by atoms with Gasteiger partial charge in [0.15, 0.2) is 0 Å². The molecule has 2 aliphatic heterocycles. The van der Waals surface area contributed by atoms with Crippen LogP contribution in [0, 0.1) is 0 Å². The topological polar surface area (TPSA) is 64.2 Å². The van der Waals surface area contributed by atoms with Crippen LogP contribution in [0.3, 0.4) is 0 Å². The highest BCUT2D eigenvalue weighted by atomic mass is 32.2. The minimum absolute atomic E-state index is 0.0482. The fourth-order valence-corrected chi connectivity index (χ4v) is 5.40. The highest BCUT2D eigenvalue weighted by Gasteiger charge is 2.48. The molecule has 2 aliphatic rings. The van der Waals surface area contributed by atoms with Gasteiger partial charge >= 0.3 is 0 Å². The Labute approximate surface area is 213 Å². The number of nitrogens with zero attached hydrogens (tertiary/aromatic N) is 4. The Kier molecular flexibility index (Phi) is 9.74. The minimum Gasteiger partial charge on any atom is -0.336 e. The first-order chi connectivity index (χ1) is 16.8. The van der Waals surface area contributed by atoms with E-state index in [1.165, 1.54) is 18.1 Å². The van der Waals surface area contributed by atoms with Crippen molar-refractivity contribution in [1.29, 1.82) is 0 Å². The van der Waals surface area contributed by atoms with E-state index >= 15 is 0 Å². The van der Waals surface area contributed by atoms with Crippen LogP contribution in [0.4, 0.5) is 0 Å². The molecule has 7 nitrogen and oxygen atoms in total. The SMILES string of the molecule is CC(=O)N1C2CN(CCSCc3ccccc3)C(=O)[C@H](C)N2C(=O)CN1C.CCc1ccccc1. The van der Waals surface area contributed by atoms with Crippen molar-refractivity contribution in [3.8, 4) is 0 Å². The zero-order chi connectivity index (χ0) is 25.4. The van der Waals surface area contributed by atoms with Gasteiger partial charge in [-0.25, -0.2) is 5.01 Å². The molecule has 0 aromatic heterocycles. The summed E-state index contributed by atoms with van der Waals surface area (Å²) in [4.78, 5) is 40.7. The van der Waals surface area contributed by atoms with E-state index in [4.69, 9.17) is 0 Å². The van der Waals surface area contributed by atoms with Crippen molar-refractivity contribution in [1.82, 2.24) is 19.8 Å². The highest BCUT2D eigenvalue weighted by molar-refractivity contribution is 7.98. The van der Waals surface area contributed by atoms with Crippen molar-refractivity contribution >= 4 is 29.5 Å². The quantitative estimate of drug-likeness (QED) is 0.575. The fraction of sp³-hybridized carbons (Fsp3) is 0.444. The van der Waals surface area contributed by atoms with E-state index in [-0.39, 0.29) is 24.3 Å². The van der Waals surface area contributed by atoms with Gasteiger partial charge in [-0.2, -0.15) is 11.8 Å². The van der Waals surface area contributed by atoms with Crippen molar-refractivity contribution < 1.29 is 14.4 Å². The summed E-state index contributed by atoms with van der Waals surface area (Å²) in [7, 11) is 1.73. The van der Waals surface area contributed by atoms with Crippen molar-refractivity contribution in [2.75, 3.05) is 32.4 Å². The molecule has 2 heterocycles. The summed E-state index contributed by atoms with van der Waals surface area (Å²) >= 11 is 1.78. The Bertz CT molecular complexity index is 988. The molecule has 0 N–H and O–H groups in total. The number of carbonyl (C=O) groups excluding carboxylic acids is 3. The van der Waals surface area contributed by atoms with E-state index in [0.717, 1.165) is 17.9 Å². The van der Waals surface area contributed by atoms with Crippen LogP contribution in [0.2, 0.25) is 0 Å². The van der Waals surface area contributed by atoms with E-state index in [1.807, 2.05) is 24.3 Å². The molecular weight excluding hydrogens is 460 g/mol. The maximum atomic E-state index is 12.8. The van der Waals surface area contributed by atoms with Crippen molar-refractivity contribution in [2.45, 2.75) is 45.2 Å². The third-order valence-electron chi connectivity index (χ3n) is 6.28. The van der Waals surface area contributed by atoms with Gasteiger partial charge in [0.2, 0.25) is 17.7 Å². The maximum absolute atomic E-state index is 12.8. The normalized spacial score (nSPS) is 20.3. The predicted octanol–water partition coefficient (Wildman–Crippen LogP) is 3.26. The molecule has 0 radical (unpaired) electrons. The van der Waals surface area contributed by atoms with Gasteiger partial charge in [-0.15, -0.1) is 0 Å². The van der Waals surface area contributed by atoms with Crippen LogP contribution >= 0.6 is 11.8 Å². The van der Waals surface area contributed by atoms with Crippen molar-refractivity contribution in [3.63, 3.8) is 0 Å². The number of thioether (sulfide) groups is 1. The molecule has 1 unspecified atom stereocenters. The lowest BCUT2D eigenvalue weighted by atomic mass is 10.1. The molecule has 3 amide bonds. The number of aryl methyl sites for hydroxylation is 1. The Morgan fingerprint density at radius 2 is 1.60 bits per heavy atom. The van der Waals surface area contributed by atoms with E-state index in [0.29, 0.717) is 13.1 Å². The average Bonchev–Trinajstić information content (AvgIpc) is 2.85. The maximum Gasteiger partial charge on any atom is 0.245 e. The highest BCUT2D eigenvalue weighted by Crippen LogP contribution is 2.25. The van der Waals surface area contributed by atoms with E-state index in [1.54, 1.807) is 45.6 Å². The number of benzene rings is 2. The van der Waals surface area contributed by atoms with Gasteiger partial charge in [0.05, 0.1) is 13.1 Å². The number of rotatable bonds is 6. The molecule has 0 spiro atoms. The smallest absolute Gasteiger partial charge is 0.245 e. The molecule has 35 heavy (non-hydrogen) atoms. The Morgan fingerprint density at radius 3 is 2.14 bits per heavy atom. The molecule has 2 aromatic rings. The molecule has 188 valence electrons. The molecule has 2 aromatic carbocycles. The Morgan fingerprint density at radius 1 is 1.00 bits per heavy atom. The van der Waals surface area contributed by atoms with E-state index in [2.05, 4.69) is 43.3 Å². The van der Waals surface area contributed by atoms with Crippen molar-refractivity contribution in [3.05, 3.63) is 71.8 Å². The number of hydrogen-bond acceptors (Lipinski definition) is 5. The molecule has 8 heteroatoms. The Hall–Kier alpha value is -2.84. The van der Waals surface area contributed by atoms with Gasteiger partial charge in [0, 0.05) is 32.0 Å². The summed E-state index contributed by atoms with van der Waals surface area (Å²) < 4.78 is 0. The first-order valence-electron chi connectivity index (χ1n) is 12.1. The van der Waals surface area contributed by atoms with Gasteiger partial charge < -0.3 is 9.80 Å². The zero-order valence-corrected chi connectivity index (χ0v) is 21.9. The summed E-state index contributed by atoms with van der Waals surface area (Å²) in [5.74, 6) is 1.42. The molecular formula is C27H36N4O3S. The lowest BCUT2D eigenvalue weighted by Gasteiger charge is -2.53. The number of piperazine rings is 1. The van der Waals surface area contributed by atoms with Crippen molar-refractivity contribution in [2.24, 2.45) is 0 Å². The van der Waals surface area contributed by atoms with Crippen LogP contribution in [0.5, 0.6) is 0 Å². The largest absolute Gasteiger partial charge is 0.336 e. The molecule has 0 saturated carbocycles.